The van der Waals surface area contributed by atoms with Crippen molar-refractivity contribution in [3.05, 3.63) is 29.6 Å². The first kappa shape index (κ1) is 11.8. The lowest BCUT2D eigenvalue weighted by atomic mass is 10.1. The van der Waals surface area contributed by atoms with Crippen molar-refractivity contribution in [3.8, 4) is 0 Å². The Morgan fingerprint density at radius 2 is 2.07 bits per heavy atom. The second kappa shape index (κ2) is 4.08. The highest BCUT2D eigenvalue weighted by Crippen LogP contribution is 2.15. The number of rotatable bonds is 3. The maximum Gasteiger partial charge on any atom is 0.238 e. The summed E-state index contributed by atoms with van der Waals surface area (Å²) in [4.78, 5) is 11.0. The van der Waals surface area contributed by atoms with Gasteiger partial charge in [-0.2, -0.15) is 0 Å². The predicted octanol–water partition coefficient (Wildman–Crippen LogP) is 1.07. The Bertz CT molecular complexity index is 496. The molecular formula is C9H10FNO3S. The van der Waals surface area contributed by atoms with Gasteiger partial charge >= 0.3 is 0 Å². The fourth-order valence-electron chi connectivity index (χ4n) is 1.09. The molecule has 0 aliphatic carbocycles. The quantitative estimate of drug-likeness (QED) is 0.790. The van der Waals surface area contributed by atoms with Crippen LogP contribution in [0.5, 0.6) is 0 Å². The van der Waals surface area contributed by atoms with E-state index in [-0.39, 0.29) is 16.9 Å². The van der Waals surface area contributed by atoms with Gasteiger partial charge in [-0.25, -0.2) is 17.9 Å². The summed E-state index contributed by atoms with van der Waals surface area (Å²) in [7, 11) is -3.90. The molecule has 0 radical (unpaired) electrons. The molecule has 6 heteroatoms. The maximum absolute atomic E-state index is 13.1. The maximum atomic E-state index is 13.1. The van der Waals surface area contributed by atoms with E-state index in [1.165, 1.54) is 0 Å². The van der Waals surface area contributed by atoms with Crippen LogP contribution in [-0.4, -0.2) is 14.2 Å². The number of sulfonamides is 1. The van der Waals surface area contributed by atoms with E-state index < -0.39 is 21.6 Å². The van der Waals surface area contributed by atoms with E-state index in [1.54, 1.807) is 6.92 Å². The number of primary sulfonamides is 1. The zero-order chi connectivity index (χ0) is 11.6. The third-order valence-electron chi connectivity index (χ3n) is 1.89. The van der Waals surface area contributed by atoms with Crippen LogP contribution in [0.15, 0.2) is 23.1 Å². The fraction of sp³-hybridized carbons (Fsp3) is 0.222. The summed E-state index contributed by atoms with van der Waals surface area (Å²) in [5.41, 5.74) is -0.246. The Hall–Kier alpha value is -1.27. The van der Waals surface area contributed by atoms with Crippen molar-refractivity contribution in [1.82, 2.24) is 0 Å². The second-order valence-corrected chi connectivity index (χ2v) is 4.52. The van der Waals surface area contributed by atoms with E-state index in [9.17, 15) is 17.6 Å². The molecule has 0 amide bonds. The summed E-state index contributed by atoms with van der Waals surface area (Å²) in [6.45, 7) is 1.56. The highest BCUT2D eigenvalue weighted by molar-refractivity contribution is 7.89. The summed E-state index contributed by atoms with van der Waals surface area (Å²) in [5, 5.41) is 4.86. The third kappa shape index (κ3) is 2.60. The number of hydrogen-bond acceptors (Lipinski definition) is 3. The van der Waals surface area contributed by atoms with Crippen LogP contribution in [0.3, 0.4) is 0 Å². The zero-order valence-electron chi connectivity index (χ0n) is 8.03. The molecule has 0 spiro atoms. The Kier molecular flexibility index (Phi) is 3.21. The molecule has 0 aliphatic heterocycles. The van der Waals surface area contributed by atoms with Gasteiger partial charge in [-0.3, -0.25) is 4.79 Å². The van der Waals surface area contributed by atoms with Gasteiger partial charge in [-0.1, -0.05) is 6.92 Å². The molecule has 0 saturated heterocycles. The molecule has 2 N–H and O–H groups in total. The van der Waals surface area contributed by atoms with Crippen LogP contribution in [0.2, 0.25) is 0 Å². The van der Waals surface area contributed by atoms with Crippen LogP contribution in [-0.2, 0) is 10.0 Å². The first-order chi connectivity index (χ1) is 6.86. The molecule has 0 heterocycles. The first-order valence-corrected chi connectivity index (χ1v) is 5.76. The van der Waals surface area contributed by atoms with Crippen LogP contribution in [0.1, 0.15) is 23.7 Å². The van der Waals surface area contributed by atoms with Gasteiger partial charge in [0.2, 0.25) is 10.0 Å². The van der Waals surface area contributed by atoms with E-state index in [0.717, 1.165) is 18.2 Å². The summed E-state index contributed by atoms with van der Waals surface area (Å²) in [6.07, 6.45) is 0.102. The van der Waals surface area contributed by atoms with E-state index in [4.69, 9.17) is 5.14 Å². The van der Waals surface area contributed by atoms with Crippen LogP contribution in [0.4, 0.5) is 4.39 Å². The molecule has 1 aromatic rings. The lowest BCUT2D eigenvalue weighted by Crippen LogP contribution is -2.13. The van der Waals surface area contributed by atoms with Gasteiger partial charge in [0.15, 0.2) is 5.78 Å². The van der Waals surface area contributed by atoms with Crippen molar-refractivity contribution < 1.29 is 17.6 Å². The number of benzene rings is 1. The van der Waals surface area contributed by atoms with Crippen molar-refractivity contribution in [2.75, 3.05) is 0 Å². The van der Waals surface area contributed by atoms with E-state index in [1.807, 2.05) is 0 Å². The molecule has 1 rings (SSSR count). The third-order valence-corrected chi connectivity index (χ3v) is 2.80. The van der Waals surface area contributed by atoms with Crippen LogP contribution >= 0.6 is 0 Å². The SMILES string of the molecule is CCC(=O)c1cc(S(N)(=O)=O)ccc1F. The number of hydrogen-bond donors (Lipinski definition) is 1. The van der Waals surface area contributed by atoms with Gasteiger partial charge in [0.25, 0.3) is 0 Å². The van der Waals surface area contributed by atoms with Gasteiger partial charge in [-0.15, -0.1) is 0 Å². The summed E-state index contributed by atoms with van der Waals surface area (Å²) in [6, 6.07) is 2.90. The Labute approximate surface area is 87.0 Å². The van der Waals surface area contributed by atoms with Crippen molar-refractivity contribution in [2.45, 2.75) is 18.2 Å². The van der Waals surface area contributed by atoms with Crippen molar-refractivity contribution in [2.24, 2.45) is 5.14 Å². The smallest absolute Gasteiger partial charge is 0.238 e. The van der Waals surface area contributed by atoms with Gasteiger partial charge in [0, 0.05) is 6.42 Å². The normalized spacial score (nSPS) is 11.4. The molecular weight excluding hydrogens is 221 g/mol. The summed E-state index contributed by atoms with van der Waals surface area (Å²) >= 11 is 0. The van der Waals surface area contributed by atoms with E-state index in [2.05, 4.69) is 0 Å². The van der Waals surface area contributed by atoms with Crippen molar-refractivity contribution >= 4 is 15.8 Å². The monoisotopic (exact) mass is 231 g/mol. The van der Waals surface area contributed by atoms with Crippen molar-refractivity contribution in [3.63, 3.8) is 0 Å². The fourth-order valence-corrected chi connectivity index (χ4v) is 1.63. The predicted molar refractivity (Wildman–Crippen MR) is 52.4 cm³/mol. The van der Waals surface area contributed by atoms with E-state index >= 15 is 0 Å². The molecule has 0 aromatic heterocycles. The molecule has 82 valence electrons. The largest absolute Gasteiger partial charge is 0.294 e. The molecule has 1 aromatic carbocycles. The minimum atomic E-state index is -3.90. The molecule has 0 aliphatic rings. The zero-order valence-corrected chi connectivity index (χ0v) is 8.84. The summed E-state index contributed by atoms with van der Waals surface area (Å²) in [5.74, 6) is -1.20. The van der Waals surface area contributed by atoms with Gasteiger partial charge in [0.05, 0.1) is 10.5 Å². The van der Waals surface area contributed by atoms with Crippen molar-refractivity contribution in [1.29, 1.82) is 0 Å². The van der Waals surface area contributed by atoms with Crippen LogP contribution < -0.4 is 5.14 Å². The Morgan fingerprint density at radius 3 is 2.53 bits per heavy atom. The highest BCUT2D eigenvalue weighted by Gasteiger charge is 2.15. The average molecular weight is 231 g/mol. The molecule has 15 heavy (non-hydrogen) atoms. The molecule has 4 nitrogen and oxygen atoms in total. The topological polar surface area (TPSA) is 77.2 Å². The van der Waals surface area contributed by atoms with Gasteiger partial charge in [0.1, 0.15) is 5.82 Å². The Morgan fingerprint density at radius 1 is 1.47 bits per heavy atom. The average Bonchev–Trinajstić information content (AvgIpc) is 2.15. The molecule has 0 saturated carbocycles. The number of halogens is 1. The van der Waals surface area contributed by atoms with E-state index in [0.29, 0.717) is 0 Å². The minimum Gasteiger partial charge on any atom is -0.294 e. The van der Waals surface area contributed by atoms with Crippen LogP contribution in [0, 0.1) is 5.82 Å². The highest BCUT2D eigenvalue weighted by atomic mass is 32.2. The Balaban J connectivity index is 3.36. The van der Waals surface area contributed by atoms with Gasteiger partial charge < -0.3 is 0 Å². The lowest BCUT2D eigenvalue weighted by Gasteiger charge is -2.03. The number of Topliss-reactive ketones (excluding diaryl/α,β-unsaturated/α-hetero) is 1. The number of ketones is 1. The standard InChI is InChI=1S/C9H10FNO3S/c1-2-9(12)7-5-6(15(11,13)14)3-4-8(7)10/h3-5H,2H2,1H3,(H2,11,13,14). The van der Waals surface area contributed by atoms with Crippen LogP contribution in [0.25, 0.3) is 0 Å². The molecule has 0 fully saturated rings. The number of carbonyl (C=O) groups is 1. The number of carbonyl (C=O) groups excluding carboxylic acids is 1. The lowest BCUT2D eigenvalue weighted by molar-refractivity contribution is 0.0984. The first-order valence-electron chi connectivity index (χ1n) is 4.21. The second-order valence-electron chi connectivity index (χ2n) is 2.96. The molecule has 0 atom stereocenters. The molecule has 0 unspecified atom stereocenters. The summed E-state index contributed by atoms with van der Waals surface area (Å²) < 4.78 is 35.0. The minimum absolute atomic E-state index is 0.102. The number of nitrogens with two attached hydrogens (primary N) is 1. The van der Waals surface area contributed by atoms with Gasteiger partial charge in [-0.05, 0) is 18.2 Å². The molecule has 0 bridgehead atoms.